The Morgan fingerprint density at radius 1 is 1.38 bits per heavy atom. The molecule has 0 spiro atoms. The Hall–Kier alpha value is -2.48. The number of fused-ring (bicyclic) bond motifs is 1. The first-order valence-electron chi connectivity index (χ1n) is 7.56. The molecule has 0 saturated heterocycles. The van der Waals surface area contributed by atoms with Crippen LogP contribution in [0.5, 0.6) is 5.75 Å². The number of ether oxygens (including phenoxy) is 1. The number of hydrogen-bond donors (Lipinski definition) is 1. The van der Waals surface area contributed by atoms with Gasteiger partial charge in [-0.25, -0.2) is 14.7 Å². The zero-order chi connectivity index (χ0) is 16.7. The van der Waals surface area contributed by atoms with E-state index in [1.54, 1.807) is 17.7 Å². The SMILES string of the molecule is COc1ccc2c(CSc3n[nH]c(=O)n3C3CC3)cc(=O)oc2c1. The van der Waals surface area contributed by atoms with Crippen molar-refractivity contribution in [1.29, 1.82) is 0 Å². The van der Waals surface area contributed by atoms with E-state index in [-0.39, 0.29) is 11.7 Å². The standard InChI is InChI=1S/C16H15N3O4S/c1-22-11-4-5-12-9(6-14(20)23-13(12)7-11)8-24-16-18-17-15(21)19(16)10-2-3-10/h4-7,10H,2-3,8H2,1H3,(H,17,21). The lowest BCUT2D eigenvalue weighted by atomic mass is 10.1. The molecule has 4 rings (SSSR count). The Balaban J connectivity index is 1.67. The van der Waals surface area contributed by atoms with Gasteiger partial charge in [-0.15, -0.1) is 5.10 Å². The normalized spacial score (nSPS) is 14.2. The number of benzene rings is 1. The van der Waals surface area contributed by atoms with Gasteiger partial charge in [0.05, 0.1) is 7.11 Å². The molecule has 2 heterocycles. The molecule has 0 unspecified atom stereocenters. The molecular formula is C16H15N3O4S. The Morgan fingerprint density at radius 2 is 2.21 bits per heavy atom. The number of rotatable bonds is 5. The smallest absolute Gasteiger partial charge is 0.344 e. The maximum atomic E-state index is 11.8. The van der Waals surface area contributed by atoms with Crippen LogP contribution >= 0.6 is 11.8 Å². The zero-order valence-electron chi connectivity index (χ0n) is 12.9. The van der Waals surface area contributed by atoms with E-state index in [1.807, 2.05) is 12.1 Å². The number of aromatic amines is 1. The summed E-state index contributed by atoms with van der Waals surface area (Å²) in [5.74, 6) is 1.15. The average molecular weight is 345 g/mol. The van der Waals surface area contributed by atoms with Crippen LogP contribution in [0.25, 0.3) is 11.0 Å². The lowest BCUT2D eigenvalue weighted by Crippen LogP contribution is -2.16. The second-order valence-electron chi connectivity index (χ2n) is 5.65. The minimum atomic E-state index is -0.409. The molecule has 0 bridgehead atoms. The lowest BCUT2D eigenvalue weighted by Gasteiger charge is -2.07. The van der Waals surface area contributed by atoms with Crippen LogP contribution in [-0.4, -0.2) is 21.9 Å². The first-order valence-corrected chi connectivity index (χ1v) is 8.55. The van der Waals surface area contributed by atoms with Gasteiger partial charge in [-0.05, 0) is 30.5 Å². The molecule has 0 amide bonds. The van der Waals surface area contributed by atoms with Crippen molar-refractivity contribution < 1.29 is 9.15 Å². The third-order valence-corrected chi connectivity index (χ3v) is 4.98. The topological polar surface area (TPSA) is 90.1 Å². The molecule has 2 aromatic heterocycles. The van der Waals surface area contributed by atoms with Crippen molar-refractivity contribution in [1.82, 2.24) is 14.8 Å². The molecule has 0 aliphatic heterocycles. The molecular weight excluding hydrogens is 330 g/mol. The van der Waals surface area contributed by atoms with Crippen molar-refractivity contribution in [3.05, 3.63) is 50.7 Å². The number of nitrogens with one attached hydrogen (secondary N) is 1. The highest BCUT2D eigenvalue weighted by molar-refractivity contribution is 7.98. The van der Waals surface area contributed by atoms with Crippen LogP contribution < -0.4 is 16.1 Å². The van der Waals surface area contributed by atoms with Crippen LogP contribution in [0.2, 0.25) is 0 Å². The van der Waals surface area contributed by atoms with Gasteiger partial charge in [0.15, 0.2) is 5.16 Å². The summed E-state index contributed by atoms with van der Waals surface area (Å²) in [7, 11) is 1.56. The number of methoxy groups -OCH3 is 1. The molecule has 1 aromatic carbocycles. The van der Waals surface area contributed by atoms with E-state index < -0.39 is 5.63 Å². The number of H-pyrrole nitrogens is 1. The Kier molecular flexibility index (Phi) is 3.68. The van der Waals surface area contributed by atoms with Gasteiger partial charge in [0, 0.05) is 29.3 Å². The van der Waals surface area contributed by atoms with E-state index >= 15 is 0 Å². The van der Waals surface area contributed by atoms with Crippen LogP contribution in [0.1, 0.15) is 24.4 Å². The summed E-state index contributed by atoms with van der Waals surface area (Å²) in [6.07, 6.45) is 2.01. The fourth-order valence-corrected chi connectivity index (χ4v) is 3.65. The van der Waals surface area contributed by atoms with E-state index in [0.29, 0.717) is 22.2 Å². The van der Waals surface area contributed by atoms with Gasteiger partial charge in [0.1, 0.15) is 11.3 Å². The predicted molar refractivity (Wildman–Crippen MR) is 89.7 cm³/mol. The highest BCUT2D eigenvalue weighted by Gasteiger charge is 2.28. The maximum Gasteiger partial charge on any atom is 0.344 e. The molecule has 1 aliphatic carbocycles. The molecule has 1 saturated carbocycles. The minimum absolute atomic E-state index is 0.179. The van der Waals surface area contributed by atoms with Crippen molar-refractivity contribution in [3.63, 3.8) is 0 Å². The summed E-state index contributed by atoms with van der Waals surface area (Å²) in [6, 6.07) is 7.12. The summed E-state index contributed by atoms with van der Waals surface area (Å²) < 4.78 is 12.1. The Morgan fingerprint density at radius 3 is 2.96 bits per heavy atom. The highest BCUT2D eigenvalue weighted by Crippen LogP contribution is 2.37. The summed E-state index contributed by atoms with van der Waals surface area (Å²) in [5, 5.41) is 8.08. The second kappa shape index (κ2) is 5.86. The van der Waals surface area contributed by atoms with Gasteiger partial charge >= 0.3 is 11.3 Å². The maximum absolute atomic E-state index is 11.8. The van der Waals surface area contributed by atoms with Crippen molar-refractivity contribution in [2.24, 2.45) is 0 Å². The van der Waals surface area contributed by atoms with Crippen LogP contribution in [0, 0.1) is 0 Å². The zero-order valence-corrected chi connectivity index (χ0v) is 13.8. The average Bonchev–Trinajstić information content (AvgIpc) is 3.34. The van der Waals surface area contributed by atoms with Crippen LogP contribution in [0.3, 0.4) is 0 Å². The molecule has 0 radical (unpaired) electrons. The summed E-state index contributed by atoms with van der Waals surface area (Å²) in [4.78, 5) is 23.6. The predicted octanol–water partition coefficient (Wildman–Crippen LogP) is 2.31. The van der Waals surface area contributed by atoms with E-state index in [1.165, 1.54) is 17.8 Å². The highest BCUT2D eigenvalue weighted by atomic mass is 32.2. The molecule has 1 aliphatic rings. The van der Waals surface area contributed by atoms with Gasteiger partial charge in [-0.1, -0.05) is 11.8 Å². The van der Waals surface area contributed by atoms with E-state index in [0.717, 1.165) is 23.8 Å². The van der Waals surface area contributed by atoms with Crippen LogP contribution in [-0.2, 0) is 5.75 Å². The van der Waals surface area contributed by atoms with Crippen molar-refractivity contribution in [3.8, 4) is 5.75 Å². The van der Waals surface area contributed by atoms with Gasteiger partial charge in [-0.3, -0.25) is 4.57 Å². The van der Waals surface area contributed by atoms with Gasteiger partial charge in [0.25, 0.3) is 0 Å². The van der Waals surface area contributed by atoms with Crippen molar-refractivity contribution >= 4 is 22.7 Å². The molecule has 0 atom stereocenters. The second-order valence-corrected chi connectivity index (χ2v) is 6.60. The Bertz CT molecular complexity index is 1020. The molecule has 7 nitrogen and oxygen atoms in total. The molecule has 124 valence electrons. The van der Waals surface area contributed by atoms with Gasteiger partial charge in [0.2, 0.25) is 0 Å². The van der Waals surface area contributed by atoms with E-state index in [2.05, 4.69) is 10.2 Å². The Labute approximate surface area is 140 Å². The van der Waals surface area contributed by atoms with Gasteiger partial charge < -0.3 is 9.15 Å². The molecule has 24 heavy (non-hydrogen) atoms. The number of aromatic nitrogens is 3. The number of thioether (sulfide) groups is 1. The quantitative estimate of drug-likeness (QED) is 0.564. The summed E-state index contributed by atoms with van der Waals surface area (Å²) >= 11 is 1.43. The molecule has 3 aromatic rings. The number of nitrogens with zero attached hydrogens (tertiary/aromatic N) is 2. The number of hydrogen-bond acceptors (Lipinski definition) is 6. The first kappa shape index (κ1) is 15.1. The van der Waals surface area contributed by atoms with Crippen molar-refractivity contribution in [2.75, 3.05) is 7.11 Å². The minimum Gasteiger partial charge on any atom is -0.497 e. The monoisotopic (exact) mass is 345 g/mol. The fourth-order valence-electron chi connectivity index (χ4n) is 2.65. The van der Waals surface area contributed by atoms with E-state index in [9.17, 15) is 9.59 Å². The van der Waals surface area contributed by atoms with Crippen LogP contribution in [0.15, 0.2) is 43.4 Å². The molecule has 1 N–H and O–H groups in total. The van der Waals surface area contributed by atoms with Crippen LogP contribution in [0.4, 0.5) is 0 Å². The molecule has 1 fully saturated rings. The largest absolute Gasteiger partial charge is 0.497 e. The third kappa shape index (κ3) is 2.73. The fraction of sp³-hybridized carbons (Fsp3) is 0.312. The lowest BCUT2D eigenvalue weighted by molar-refractivity contribution is 0.414. The third-order valence-electron chi connectivity index (χ3n) is 3.98. The van der Waals surface area contributed by atoms with Gasteiger partial charge in [-0.2, -0.15) is 0 Å². The van der Waals surface area contributed by atoms with E-state index in [4.69, 9.17) is 9.15 Å². The summed E-state index contributed by atoms with van der Waals surface area (Å²) in [5.41, 5.74) is 0.737. The summed E-state index contributed by atoms with van der Waals surface area (Å²) in [6.45, 7) is 0. The first-order chi connectivity index (χ1) is 11.7. The molecule has 8 heteroatoms. The van der Waals surface area contributed by atoms with Crippen molar-refractivity contribution in [2.45, 2.75) is 29.8 Å².